The summed E-state index contributed by atoms with van der Waals surface area (Å²) in [5.41, 5.74) is 5.94. The molecule has 0 N–H and O–H groups in total. The molecule has 1 aromatic carbocycles. The lowest BCUT2D eigenvalue weighted by molar-refractivity contribution is 1.04. The lowest BCUT2D eigenvalue weighted by Crippen LogP contribution is -1.96. The molecule has 0 unspecified atom stereocenters. The molecule has 1 aliphatic rings. The quantitative estimate of drug-likeness (QED) is 0.628. The van der Waals surface area contributed by atoms with Crippen molar-refractivity contribution in [2.24, 2.45) is 0 Å². The first-order valence-corrected chi connectivity index (χ1v) is 5.43. The zero-order chi connectivity index (χ0) is 10.1. The van der Waals surface area contributed by atoms with Gasteiger partial charge in [-0.25, -0.2) is 0 Å². The normalized spacial score (nSPS) is 15.6. The maximum Gasteiger partial charge on any atom is -0.00947 e. The fraction of sp³-hybridized carbons (Fsp3) is 0.429. The minimum atomic E-state index is 0.851. The van der Waals surface area contributed by atoms with Crippen LogP contribution < -0.4 is 0 Å². The van der Waals surface area contributed by atoms with E-state index in [1.807, 2.05) is 6.08 Å². The van der Waals surface area contributed by atoms with Gasteiger partial charge in [-0.15, -0.1) is 6.58 Å². The first-order valence-electron chi connectivity index (χ1n) is 5.43. The summed E-state index contributed by atoms with van der Waals surface area (Å²) >= 11 is 0. The molecule has 74 valence electrons. The predicted molar refractivity (Wildman–Crippen MR) is 61.8 cm³/mol. The van der Waals surface area contributed by atoms with Crippen LogP contribution in [0.15, 0.2) is 24.8 Å². The molecule has 1 aliphatic carbocycles. The monoisotopic (exact) mass is 186 g/mol. The topological polar surface area (TPSA) is 0 Å². The van der Waals surface area contributed by atoms with Crippen LogP contribution in [0.25, 0.3) is 0 Å². The summed E-state index contributed by atoms with van der Waals surface area (Å²) in [5, 5.41) is 0. The Balaban J connectivity index is 2.46. The van der Waals surface area contributed by atoms with Crippen molar-refractivity contribution in [3.63, 3.8) is 0 Å². The Kier molecular flexibility index (Phi) is 2.45. The molecule has 0 heteroatoms. The smallest absolute Gasteiger partial charge is 0.00947 e. The maximum absolute atomic E-state index is 3.84. The summed E-state index contributed by atoms with van der Waals surface area (Å²) in [4.78, 5) is 0. The Morgan fingerprint density at radius 3 is 2.64 bits per heavy atom. The van der Waals surface area contributed by atoms with Crippen LogP contribution in [0.1, 0.15) is 41.0 Å². The lowest BCUT2D eigenvalue weighted by Gasteiger charge is -2.12. The largest absolute Gasteiger partial charge is 0.103 e. The van der Waals surface area contributed by atoms with E-state index in [1.165, 1.54) is 29.5 Å². The van der Waals surface area contributed by atoms with Gasteiger partial charge in [0, 0.05) is 0 Å². The Hall–Kier alpha value is -1.04. The van der Waals surface area contributed by atoms with Crippen molar-refractivity contribution in [2.45, 2.75) is 39.0 Å². The van der Waals surface area contributed by atoms with E-state index in [2.05, 4.69) is 32.6 Å². The molecule has 0 bridgehead atoms. The van der Waals surface area contributed by atoms with Crippen LogP contribution in [0.2, 0.25) is 0 Å². The Morgan fingerprint density at radius 2 is 2.07 bits per heavy atom. The van der Waals surface area contributed by atoms with Gasteiger partial charge in [0.05, 0.1) is 0 Å². The highest BCUT2D eigenvalue weighted by molar-refractivity contribution is 5.42. The fourth-order valence-electron chi connectivity index (χ4n) is 2.21. The van der Waals surface area contributed by atoms with Crippen LogP contribution in [-0.2, 0) is 6.42 Å². The predicted octanol–water partition coefficient (Wildman–Crippen LogP) is 3.91. The highest BCUT2D eigenvalue weighted by Crippen LogP contribution is 2.42. The van der Waals surface area contributed by atoms with E-state index < -0.39 is 0 Å². The third-order valence-electron chi connectivity index (χ3n) is 3.02. The molecular weight excluding hydrogens is 168 g/mol. The van der Waals surface area contributed by atoms with Gasteiger partial charge >= 0.3 is 0 Å². The molecule has 2 rings (SSSR count). The van der Waals surface area contributed by atoms with Crippen molar-refractivity contribution < 1.29 is 0 Å². The highest BCUT2D eigenvalue weighted by Gasteiger charge is 2.26. The molecule has 14 heavy (non-hydrogen) atoms. The first-order chi connectivity index (χ1) is 6.72. The fourth-order valence-corrected chi connectivity index (χ4v) is 2.21. The third-order valence-corrected chi connectivity index (χ3v) is 3.02. The van der Waals surface area contributed by atoms with Crippen LogP contribution in [0.5, 0.6) is 0 Å². The molecule has 1 fully saturated rings. The molecule has 0 heterocycles. The van der Waals surface area contributed by atoms with Gasteiger partial charge in [0.25, 0.3) is 0 Å². The minimum absolute atomic E-state index is 0.851. The summed E-state index contributed by atoms with van der Waals surface area (Å²) in [6.07, 6.45) is 5.81. The van der Waals surface area contributed by atoms with E-state index in [4.69, 9.17) is 0 Å². The van der Waals surface area contributed by atoms with Gasteiger partial charge in [0.15, 0.2) is 0 Å². The number of hydrogen-bond donors (Lipinski definition) is 0. The average Bonchev–Trinajstić information content (AvgIpc) is 2.92. The van der Waals surface area contributed by atoms with Gasteiger partial charge in [-0.3, -0.25) is 0 Å². The zero-order valence-corrected chi connectivity index (χ0v) is 9.14. The summed E-state index contributed by atoms with van der Waals surface area (Å²) in [7, 11) is 0. The van der Waals surface area contributed by atoms with E-state index in [-0.39, 0.29) is 0 Å². The zero-order valence-electron chi connectivity index (χ0n) is 9.14. The van der Waals surface area contributed by atoms with Gasteiger partial charge in [-0.2, -0.15) is 0 Å². The van der Waals surface area contributed by atoms with E-state index in [0.717, 1.165) is 12.3 Å². The van der Waals surface area contributed by atoms with Gasteiger partial charge in [-0.05, 0) is 55.7 Å². The summed E-state index contributed by atoms with van der Waals surface area (Å²) in [5.74, 6) is 0.851. The van der Waals surface area contributed by atoms with Crippen molar-refractivity contribution in [2.75, 3.05) is 0 Å². The molecule has 0 nitrogen and oxygen atoms in total. The Morgan fingerprint density at radius 1 is 1.36 bits per heavy atom. The molecule has 1 aromatic rings. The average molecular weight is 186 g/mol. The number of hydrogen-bond acceptors (Lipinski definition) is 0. The molecule has 0 aliphatic heterocycles. The Bertz CT molecular complexity index is 357. The van der Waals surface area contributed by atoms with Crippen LogP contribution in [0.3, 0.4) is 0 Å². The summed E-state index contributed by atoms with van der Waals surface area (Å²) < 4.78 is 0. The first kappa shape index (κ1) is 9.51. The van der Waals surface area contributed by atoms with Crippen LogP contribution >= 0.6 is 0 Å². The van der Waals surface area contributed by atoms with Crippen molar-refractivity contribution >= 4 is 0 Å². The standard InChI is InChI=1S/C14H18/c1-4-5-13-11(3)8-10(2)9-14(13)12-6-7-12/h4,8-9,12H,1,5-7H2,2-3H3. The van der Waals surface area contributed by atoms with E-state index in [1.54, 1.807) is 5.56 Å². The molecular formula is C14H18. The minimum Gasteiger partial charge on any atom is -0.103 e. The molecule has 1 saturated carbocycles. The molecule has 0 aromatic heterocycles. The molecule has 0 amide bonds. The lowest BCUT2D eigenvalue weighted by atomic mass is 9.94. The van der Waals surface area contributed by atoms with Crippen molar-refractivity contribution in [1.29, 1.82) is 0 Å². The second kappa shape index (κ2) is 3.61. The van der Waals surface area contributed by atoms with Crippen molar-refractivity contribution in [3.05, 3.63) is 47.0 Å². The molecule has 0 atom stereocenters. The van der Waals surface area contributed by atoms with Gasteiger partial charge in [-0.1, -0.05) is 23.8 Å². The number of benzene rings is 1. The molecule has 0 saturated heterocycles. The van der Waals surface area contributed by atoms with Gasteiger partial charge in [0.2, 0.25) is 0 Å². The Labute approximate surface area is 86.7 Å². The van der Waals surface area contributed by atoms with Gasteiger partial charge in [0.1, 0.15) is 0 Å². The third kappa shape index (κ3) is 1.75. The molecule has 0 spiro atoms. The highest BCUT2D eigenvalue weighted by atomic mass is 14.3. The maximum atomic E-state index is 3.84. The van der Waals surface area contributed by atoms with Crippen LogP contribution in [0, 0.1) is 13.8 Å². The van der Waals surface area contributed by atoms with Crippen LogP contribution in [0.4, 0.5) is 0 Å². The second-order valence-corrected chi connectivity index (χ2v) is 4.42. The van der Waals surface area contributed by atoms with E-state index >= 15 is 0 Å². The molecule has 0 radical (unpaired) electrons. The van der Waals surface area contributed by atoms with Crippen molar-refractivity contribution in [1.82, 2.24) is 0 Å². The summed E-state index contributed by atoms with van der Waals surface area (Å²) in [6, 6.07) is 4.65. The SMILES string of the molecule is C=CCc1c(C)cc(C)cc1C1CC1. The number of allylic oxidation sites excluding steroid dienone is 1. The number of rotatable bonds is 3. The summed E-state index contributed by atoms with van der Waals surface area (Å²) in [6.45, 7) is 8.25. The number of aryl methyl sites for hydroxylation is 2. The van der Waals surface area contributed by atoms with Crippen molar-refractivity contribution in [3.8, 4) is 0 Å². The van der Waals surface area contributed by atoms with Crippen LogP contribution in [-0.4, -0.2) is 0 Å². The van der Waals surface area contributed by atoms with Gasteiger partial charge < -0.3 is 0 Å². The van der Waals surface area contributed by atoms with E-state index in [9.17, 15) is 0 Å². The van der Waals surface area contributed by atoms with E-state index in [0.29, 0.717) is 0 Å². The second-order valence-electron chi connectivity index (χ2n) is 4.42.